The summed E-state index contributed by atoms with van der Waals surface area (Å²) in [5.74, 6) is 0. The molecule has 0 amide bonds. The average Bonchev–Trinajstić information content (AvgIpc) is 1.59. The van der Waals surface area contributed by atoms with E-state index in [1.54, 1.807) is 0 Å². The van der Waals surface area contributed by atoms with Crippen LogP contribution in [0.2, 0.25) is 13.1 Å². The molecule has 0 aromatic carbocycles. The molecule has 0 aliphatic heterocycles. The highest BCUT2D eigenvalue weighted by molar-refractivity contribution is 6.48. The largest absolute Gasteiger partial charge is 0.451 e. The van der Waals surface area contributed by atoms with Gasteiger partial charge in [0.15, 0.2) is 0 Å². The van der Waals surface area contributed by atoms with Crippen LogP contribution in [0.3, 0.4) is 0 Å². The number of hydrogen-bond donors (Lipinski definition) is 1. The summed E-state index contributed by atoms with van der Waals surface area (Å²) in [4.78, 5) is 0. The molecule has 0 saturated carbocycles. The van der Waals surface area contributed by atoms with Crippen molar-refractivity contribution in [1.29, 1.82) is 0 Å². The minimum absolute atomic E-state index is 0.135. The van der Waals surface area contributed by atoms with Crippen molar-refractivity contribution in [3.63, 3.8) is 0 Å². The van der Waals surface area contributed by atoms with Crippen LogP contribution in [0.25, 0.3) is 0 Å². The van der Waals surface area contributed by atoms with Gasteiger partial charge in [0, 0.05) is 0 Å². The average molecular weight is 128 g/mol. The highest BCUT2D eigenvalue weighted by Gasteiger charge is 2.12. The highest BCUT2D eigenvalue weighted by Crippen LogP contribution is 2.21. The third kappa shape index (κ3) is 8.02. The van der Waals surface area contributed by atoms with Crippen LogP contribution in [-0.2, 0) is 0 Å². The third-order valence-corrected chi connectivity index (χ3v) is 1.31. The van der Waals surface area contributed by atoms with Gasteiger partial charge in [-0.15, -0.1) is 0 Å². The monoisotopic (exact) mass is 128 g/mol. The maximum absolute atomic E-state index is 8.92. The summed E-state index contributed by atoms with van der Waals surface area (Å²) in [6.07, 6.45) is 2.02. The second kappa shape index (κ2) is 3.26. The molecular weight excluding hydrogens is 111 g/mol. The highest BCUT2D eigenvalue weighted by atomic mass is 16.2. The minimum atomic E-state index is -0.135. The minimum Gasteiger partial charge on any atom is -0.451 e. The first-order valence-corrected chi connectivity index (χ1v) is 3.60. The summed E-state index contributed by atoms with van der Waals surface area (Å²) in [7, 11) is 0. The molecule has 0 aromatic heterocycles. The van der Waals surface area contributed by atoms with Crippen LogP contribution >= 0.6 is 0 Å². The Bertz CT molecular complexity index is 73.5. The number of hydrogen-bond acceptors (Lipinski definition) is 1. The van der Waals surface area contributed by atoms with E-state index >= 15 is 0 Å². The molecule has 0 rings (SSSR count). The summed E-state index contributed by atoms with van der Waals surface area (Å²) in [6.45, 7) is 8.27. The Morgan fingerprint density at radius 1 is 1.33 bits per heavy atom. The van der Waals surface area contributed by atoms with Crippen LogP contribution in [0, 0.1) is 5.41 Å². The predicted molar refractivity (Wildman–Crippen MR) is 42.7 cm³/mol. The molecular formula is C7H17BO. The zero-order chi connectivity index (χ0) is 7.49. The fourth-order valence-electron chi connectivity index (χ4n) is 0.642. The lowest BCUT2D eigenvalue weighted by Gasteiger charge is -2.17. The summed E-state index contributed by atoms with van der Waals surface area (Å²) >= 11 is 0. The van der Waals surface area contributed by atoms with Crippen LogP contribution < -0.4 is 0 Å². The van der Waals surface area contributed by atoms with Crippen LogP contribution in [0.1, 0.15) is 27.2 Å². The standard InChI is InChI=1S/C7H17BO/c1-7(2,3)5-6-8(4)9/h9H,5-6H2,1-4H3. The van der Waals surface area contributed by atoms with Gasteiger partial charge in [0.25, 0.3) is 6.92 Å². The fourth-order valence-corrected chi connectivity index (χ4v) is 0.642. The van der Waals surface area contributed by atoms with Gasteiger partial charge in [0.2, 0.25) is 0 Å². The van der Waals surface area contributed by atoms with Crippen LogP contribution in [-0.4, -0.2) is 11.9 Å². The molecule has 0 bridgehead atoms. The van der Waals surface area contributed by atoms with E-state index in [-0.39, 0.29) is 6.92 Å². The van der Waals surface area contributed by atoms with E-state index in [0.29, 0.717) is 5.41 Å². The van der Waals surface area contributed by atoms with Gasteiger partial charge in [0.1, 0.15) is 0 Å². The van der Waals surface area contributed by atoms with Gasteiger partial charge in [-0.3, -0.25) is 0 Å². The molecule has 0 radical (unpaired) electrons. The lowest BCUT2D eigenvalue weighted by molar-refractivity contribution is 0.389. The summed E-state index contributed by atoms with van der Waals surface area (Å²) in [5.41, 5.74) is 0.372. The molecule has 0 aliphatic rings. The predicted octanol–water partition coefficient (Wildman–Crippen LogP) is 2.04. The first-order valence-electron chi connectivity index (χ1n) is 3.60. The van der Waals surface area contributed by atoms with E-state index in [4.69, 9.17) is 5.02 Å². The lowest BCUT2D eigenvalue weighted by atomic mass is 9.64. The molecule has 0 aromatic rings. The maximum atomic E-state index is 8.92. The second-order valence-corrected chi connectivity index (χ2v) is 3.95. The Hall–Kier alpha value is 0.0249. The molecule has 0 aliphatic carbocycles. The Balaban J connectivity index is 3.28. The van der Waals surface area contributed by atoms with Gasteiger partial charge < -0.3 is 5.02 Å². The van der Waals surface area contributed by atoms with Crippen molar-refractivity contribution in [2.24, 2.45) is 5.41 Å². The molecule has 0 spiro atoms. The zero-order valence-corrected chi connectivity index (χ0v) is 6.94. The Kier molecular flexibility index (Phi) is 3.27. The van der Waals surface area contributed by atoms with Gasteiger partial charge in [0.05, 0.1) is 0 Å². The molecule has 1 nitrogen and oxygen atoms in total. The first-order chi connectivity index (χ1) is 3.92. The normalized spacial score (nSPS) is 11.7. The Morgan fingerprint density at radius 3 is 1.89 bits per heavy atom. The van der Waals surface area contributed by atoms with Crippen molar-refractivity contribution in [2.75, 3.05) is 0 Å². The van der Waals surface area contributed by atoms with Gasteiger partial charge in [-0.1, -0.05) is 34.0 Å². The molecule has 0 saturated heterocycles. The van der Waals surface area contributed by atoms with E-state index in [1.165, 1.54) is 0 Å². The topological polar surface area (TPSA) is 20.2 Å². The zero-order valence-electron chi connectivity index (χ0n) is 6.94. The lowest BCUT2D eigenvalue weighted by Crippen LogP contribution is -2.11. The van der Waals surface area contributed by atoms with Crippen molar-refractivity contribution in [2.45, 2.75) is 40.3 Å². The summed E-state index contributed by atoms with van der Waals surface area (Å²) in [6, 6.07) is 0. The van der Waals surface area contributed by atoms with Crippen molar-refractivity contribution in [3.05, 3.63) is 0 Å². The van der Waals surface area contributed by atoms with Gasteiger partial charge in [-0.25, -0.2) is 0 Å². The molecule has 9 heavy (non-hydrogen) atoms. The van der Waals surface area contributed by atoms with Crippen LogP contribution in [0.5, 0.6) is 0 Å². The molecule has 0 heterocycles. The smallest absolute Gasteiger partial charge is 0.285 e. The van der Waals surface area contributed by atoms with E-state index in [1.807, 2.05) is 6.82 Å². The fraction of sp³-hybridized carbons (Fsp3) is 1.00. The van der Waals surface area contributed by atoms with Crippen molar-refractivity contribution in [3.8, 4) is 0 Å². The van der Waals surface area contributed by atoms with E-state index < -0.39 is 0 Å². The van der Waals surface area contributed by atoms with E-state index in [2.05, 4.69) is 20.8 Å². The Labute approximate surface area is 58.6 Å². The Morgan fingerprint density at radius 2 is 1.78 bits per heavy atom. The first kappa shape index (κ1) is 9.02. The molecule has 54 valence electrons. The molecule has 0 unspecified atom stereocenters. The van der Waals surface area contributed by atoms with E-state index in [0.717, 1.165) is 12.7 Å². The molecule has 0 fully saturated rings. The van der Waals surface area contributed by atoms with Crippen LogP contribution in [0.15, 0.2) is 0 Å². The quantitative estimate of drug-likeness (QED) is 0.564. The second-order valence-electron chi connectivity index (χ2n) is 3.95. The molecule has 1 N–H and O–H groups in total. The van der Waals surface area contributed by atoms with Crippen molar-refractivity contribution >= 4 is 6.92 Å². The van der Waals surface area contributed by atoms with E-state index in [9.17, 15) is 0 Å². The third-order valence-electron chi connectivity index (χ3n) is 1.31. The number of rotatable bonds is 2. The molecule has 0 atom stereocenters. The van der Waals surface area contributed by atoms with Gasteiger partial charge in [-0.05, 0) is 11.7 Å². The maximum Gasteiger partial charge on any atom is 0.285 e. The summed E-state index contributed by atoms with van der Waals surface area (Å²) in [5, 5.41) is 8.92. The summed E-state index contributed by atoms with van der Waals surface area (Å²) < 4.78 is 0. The van der Waals surface area contributed by atoms with Crippen molar-refractivity contribution in [1.82, 2.24) is 0 Å². The van der Waals surface area contributed by atoms with Crippen molar-refractivity contribution < 1.29 is 5.02 Å². The SMILES string of the molecule is CB(O)CCC(C)(C)C. The van der Waals surface area contributed by atoms with Gasteiger partial charge >= 0.3 is 0 Å². The van der Waals surface area contributed by atoms with Gasteiger partial charge in [-0.2, -0.15) is 0 Å². The molecule has 2 heteroatoms. The van der Waals surface area contributed by atoms with Crippen LogP contribution in [0.4, 0.5) is 0 Å².